The summed E-state index contributed by atoms with van der Waals surface area (Å²) < 4.78 is 5.90. The maximum atomic E-state index is 9.30. The third-order valence-electron chi connectivity index (χ3n) is 5.11. The number of anilines is 1. The van der Waals surface area contributed by atoms with Gasteiger partial charge in [-0.15, -0.1) is 0 Å². The molecule has 0 aliphatic rings. The molecule has 4 N–H and O–H groups in total. The van der Waals surface area contributed by atoms with Crippen molar-refractivity contribution in [1.82, 2.24) is 15.2 Å². The SMILES string of the molecule is Nc1n[nH]c2cc(-c3ccc(CO)cc3)nc(-c3ccc(Oc4ccccc4)cc3)c12. The summed E-state index contributed by atoms with van der Waals surface area (Å²) in [4.78, 5) is 4.90. The lowest BCUT2D eigenvalue weighted by Crippen LogP contribution is -1.93. The van der Waals surface area contributed by atoms with Crippen LogP contribution in [0.1, 0.15) is 5.56 Å². The molecular weight excluding hydrogens is 388 g/mol. The van der Waals surface area contributed by atoms with Crippen LogP contribution in [0.4, 0.5) is 5.82 Å². The molecule has 2 aromatic heterocycles. The number of aliphatic hydroxyl groups excluding tert-OH is 1. The van der Waals surface area contributed by atoms with Crippen LogP contribution in [0.3, 0.4) is 0 Å². The van der Waals surface area contributed by atoms with Gasteiger partial charge in [-0.2, -0.15) is 5.10 Å². The molecule has 5 rings (SSSR count). The number of pyridine rings is 1. The maximum absolute atomic E-state index is 9.30. The molecule has 0 fully saturated rings. The van der Waals surface area contributed by atoms with Crippen molar-refractivity contribution in [1.29, 1.82) is 0 Å². The molecule has 6 heteroatoms. The van der Waals surface area contributed by atoms with Gasteiger partial charge in [0.2, 0.25) is 0 Å². The van der Waals surface area contributed by atoms with Crippen LogP contribution in [0.15, 0.2) is 84.9 Å². The van der Waals surface area contributed by atoms with Gasteiger partial charge in [0, 0.05) is 11.1 Å². The Hall–Kier alpha value is -4.16. The van der Waals surface area contributed by atoms with E-state index in [9.17, 15) is 5.11 Å². The van der Waals surface area contributed by atoms with E-state index in [4.69, 9.17) is 15.5 Å². The minimum absolute atomic E-state index is 0.00643. The van der Waals surface area contributed by atoms with Gasteiger partial charge in [-0.25, -0.2) is 4.98 Å². The molecule has 2 heterocycles. The molecule has 0 saturated carbocycles. The monoisotopic (exact) mass is 408 g/mol. The zero-order chi connectivity index (χ0) is 21.2. The number of aliphatic hydroxyl groups is 1. The van der Waals surface area contributed by atoms with Gasteiger partial charge in [-0.1, -0.05) is 42.5 Å². The lowest BCUT2D eigenvalue weighted by molar-refractivity contribution is 0.282. The number of ether oxygens (including phenoxy) is 1. The zero-order valence-electron chi connectivity index (χ0n) is 16.6. The number of hydrogen-bond acceptors (Lipinski definition) is 5. The number of aromatic amines is 1. The molecule has 0 unspecified atom stereocenters. The van der Waals surface area contributed by atoms with Crippen LogP contribution in [-0.2, 0) is 6.61 Å². The first kappa shape index (κ1) is 18.8. The molecule has 0 saturated heterocycles. The summed E-state index contributed by atoms with van der Waals surface area (Å²) in [6, 6.07) is 27.0. The number of nitrogen functional groups attached to an aromatic ring is 1. The first-order valence-electron chi connectivity index (χ1n) is 9.89. The Morgan fingerprint density at radius 1 is 0.839 bits per heavy atom. The molecule has 0 amide bonds. The second-order valence-electron chi connectivity index (χ2n) is 7.18. The van der Waals surface area contributed by atoms with Gasteiger partial charge in [-0.3, -0.25) is 5.10 Å². The number of fused-ring (bicyclic) bond motifs is 1. The summed E-state index contributed by atoms with van der Waals surface area (Å²) in [5.74, 6) is 1.93. The molecular formula is C25H20N4O2. The fraction of sp³-hybridized carbons (Fsp3) is 0.0400. The average molecular weight is 408 g/mol. The number of nitrogens with zero attached hydrogens (tertiary/aromatic N) is 2. The lowest BCUT2D eigenvalue weighted by Gasteiger charge is -2.10. The second kappa shape index (κ2) is 7.93. The molecule has 3 aromatic carbocycles. The summed E-state index contributed by atoms with van der Waals surface area (Å²) in [6.45, 7) is 0.00643. The predicted octanol–water partition coefficient (Wildman–Crippen LogP) is 5.16. The van der Waals surface area contributed by atoms with E-state index in [2.05, 4.69) is 10.2 Å². The Morgan fingerprint density at radius 3 is 2.23 bits per heavy atom. The zero-order valence-corrected chi connectivity index (χ0v) is 16.6. The summed E-state index contributed by atoms with van der Waals surface area (Å²) >= 11 is 0. The minimum atomic E-state index is 0.00643. The van der Waals surface area contributed by atoms with Gasteiger partial charge in [0.25, 0.3) is 0 Å². The molecule has 0 aliphatic carbocycles. The Morgan fingerprint density at radius 2 is 1.52 bits per heavy atom. The molecule has 0 bridgehead atoms. The number of hydrogen-bond donors (Lipinski definition) is 3. The van der Waals surface area contributed by atoms with Crippen molar-refractivity contribution in [3.8, 4) is 34.0 Å². The molecule has 31 heavy (non-hydrogen) atoms. The van der Waals surface area contributed by atoms with Crippen molar-refractivity contribution in [2.24, 2.45) is 0 Å². The highest BCUT2D eigenvalue weighted by atomic mass is 16.5. The largest absolute Gasteiger partial charge is 0.457 e. The number of nitrogens with two attached hydrogens (primary N) is 1. The molecule has 0 spiro atoms. The van der Waals surface area contributed by atoms with Crippen LogP contribution in [0.25, 0.3) is 33.4 Å². The smallest absolute Gasteiger partial charge is 0.155 e. The van der Waals surface area contributed by atoms with E-state index in [1.165, 1.54) is 0 Å². The molecule has 0 aliphatic heterocycles. The second-order valence-corrected chi connectivity index (χ2v) is 7.18. The highest BCUT2D eigenvalue weighted by Gasteiger charge is 2.15. The Labute approximate surface area is 179 Å². The van der Waals surface area contributed by atoms with Gasteiger partial charge >= 0.3 is 0 Å². The third kappa shape index (κ3) is 3.72. The van der Waals surface area contributed by atoms with Gasteiger partial charge in [0.1, 0.15) is 11.5 Å². The van der Waals surface area contributed by atoms with Crippen molar-refractivity contribution in [2.45, 2.75) is 6.61 Å². The molecule has 6 nitrogen and oxygen atoms in total. The number of H-pyrrole nitrogens is 1. The van der Waals surface area contributed by atoms with E-state index in [-0.39, 0.29) is 6.61 Å². The van der Waals surface area contributed by atoms with Crippen molar-refractivity contribution in [3.63, 3.8) is 0 Å². The van der Waals surface area contributed by atoms with Gasteiger partial charge < -0.3 is 15.6 Å². The Balaban J connectivity index is 1.55. The molecule has 5 aromatic rings. The first-order valence-corrected chi connectivity index (χ1v) is 9.89. The van der Waals surface area contributed by atoms with E-state index < -0.39 is 0 Å². The highest BCUT2D eigenvalue weighted by Crippen LogP contribution is 2.34. The summed E-state index contributed by atoms with van der Waals surface area (Å²) in [5, 5.41) is 17.3. The van der Waals surface area contributed by atoms with E-state index in [0.717, 1.165) is 50.5 Å². The molecule has 152 valence electrons. The van der Waals surface area contributed by atoms with Gasteiger partial charge in [0.05, 0.1) is 28.9 Å². The summed E-state index contributed by atoms with van der Waals surface area (Å²) in [5.41, 5.74) is 11.2. The quantitative estimate of drug-likeness (QED) is 0.373. The van der Waals surface area contributed by atoms with Gasteiger partial charge in [-0.05, 0) is 48.0 Å². The molecule has 0 radical (unpaired) electrons. The summed E-state index contributed by atoms with van der Waals surface area (Å²) in [6.07, 6.45) is 0. The maximum Gasteiger partial charge on any atom is 0.155 e. The number of rotatable bonds is 5. The summed E-state index contributed by atoms with van der Waals surface area (Å²) in [7, 11) is 0. The minimum Gasteiger partial charge on any atom is -0.457 e. The highest BCUT2D eigenvalue weighted by molar-refractivity contribution is 6.01. The van der Waals surface area contributed by atoms with Crippen molar-refractivity contribution in [3.05, 3.63) is 90.5 Å². The number of benzene rings is 3. The number of nitrogens with one attached hydrogen (secondary N) is 1. The normalized spacial score (nSPS) is 11.0. The first-order chi connectivity index (χ1) is 15.2. The van der Waals surface area contributed by atoms with Crippen LogP contribution in [-0.4, -0.2) is 20.3 Å². The lowest BCUT2D eigenvalue weighted by atomic mass is 10.0. The van der Waals surface area contributed by atoms with Crippen LogP contribution in [0.5, 0.6) is 11.5 Å². The van der Waals surface area contributed by atoms with Gasteiger partial charge in [0.15, 0.2) is 5.82 Å². The van der Waals surface area contributed by atoms with Crippen molar-refractivity contribution < 1.29 is 9.84 Å². The topological polar surface area (TPSA) is 97.0 Å². The predicted molar refractivity (Wildman–Crippen MR) is 122 cm³/mol. The standard InChI is InChI=1S/C25H20N4O2/c26-25-23-22(28-29-25)14-21(17-8-6-16(15-30)7-9-17)27-24(23)18-10-12-20(13-11-18)31-19-4-2-1-3-5-19/h1-14,30H,15H2,(H3,26,28,29). The third-order valence-corrected chi connectivity index (χ3v) is 5.11. The van der Waals surface area contributed by atoms with E-state index in [1.54, 1.807) is 0 Å². The van der Waals surface area contributed by atoms with E-state index >= 15 is 0 Å². The average Bonchev–Trinajstić information content (AvgIpc) is 3.20. The number of aromatic nitrogens is 3. The molecule has 0 atom stereocenters. The number of para-hydroxylation sites is 1. The van der Waals surface area contributed by atoms with Crippen LogP contribution < -0.4 is 10.5 Å². The van der Waals surface area contributed by atoms with E-state index in [0.29, 0.717) is 5.82 Å². The Bertz CT molecular complexity index is 1330. The van der Waals surface area contributed by atoms with Crippen LogP contribution in [0.2, 0.25) is 0 Å². The van der Waals surface area contributed by atoms with Crippen LogP contribution in [0, 0.1) is 0 Å². The van der Waals surface area contributed by atoms with Crippen molar-refractivity contribution in [2.75, 3.05) is 5.73 Å². The fourth-order valence-corrected chi connectivity index (χ4v) is 3.51. The fourth-order valence-electron chi connectivity index (χ4n) is 3.51. The van der Waals surface area contributed by atoms with Crippen molar-refractivity contribution >= 4 is 16.7 Å². The Kier molecular flexibility index (Phi) is 4.82. The van der Waals surface area contributed by atoms with Crippen LogP contribution >= 0.6 is 0 Å². The van der Waals surface area contributed by atoms with E-state index in [1.807, 2.05) is 84.9 Å².